The summed E-state index contributed by atoms with van der Waals surface area (Å²) in [4.78, 5) is 12.2. The monoisotopic (exact) mass is 141 g/mol. The van der Waals surface area contributed by atoms with Gasteiger partial charge in [0.25, 0.3) is 0 Å². The van der Waals surface area contributed by atoms with Crippen LogP contribution < -0.4 is 0 Å². The van der Waals surface area contributed by atoms with E-state index in [0.717, 1.165) is 0 Å². The highest BCUT2D eigenvalue weighted by Crippen LogP contribution is 1.78. The second kappa shape index (κ2) is 4.83. The number of hydrogen-bond donors (Lipinski definition) is 0. The van der Waals surface area contributed by atoms with Gasteiger partial charge < -0.3 is 9.64 Å². The van der Waals surface area contributed by atoms with Gasteiger partial charge in [-0.1, -0.05) is 0 Å². The molecule has 0 spiro atoms. The highest BCUT2D eigenvalue weighted by Gasteiger charge is 1.95. The zero-order chi connectivity index (χ0) is 7.98. The molecule has 0 saturated heterocycles. The van der Waals surface area contributed by atoms with Crippen LogP contribution in [0.4, 0.5) is 0 Å². The van der Waals surface area contributed by atoms with Gasteiger partial charge in [0.2, 0.25) is 0 Å². The topological polar surface area (TPSA) is 29.5 Å². The number of hydrogen-bond acceptors (Lipinski definition) is 3. The van der Waals surface area contributed by atoms with Gasteiger partial charge in [0.05, 0.1) is 0 Å². The van der Waals surface area contributed by atoms with E-state index in [2.05, 4.69) is 4.74 Å². The molecule has 3 heteroatoms. The summed E-state index contributed by atoms with van der Waals surface area (Å²) in [7, 11) is 3.79. The maximum atomic E-state index is 10.3. The van der Waals surface area contributed by atoms with Crippen molar-refractivity contribution in [2.75, 3.05) is 27.2 Å². The molecule has 10 heavy (non-hydrogen) atoms. The Labute approximate surface area is 61.0 Å². The first-order chi connectivity index (χ1) is 4.66. The van der Waals surface area contributed by atoms with Gasteiger partial charge in [-0.25, -0.2) is 4.79 Å². The molecule has 0 aromatic carbocycles. The Morgan fingerprint density at radius 2 is 2.30 bits per heavy atom. The Bertz CT molecular complexity index is 146. The predicted molar refractivity (Wildman–Crippen MR) is 38.3 cm³/mol. The van der Waals surface area contributed by atoms with Crippen LogP contribution in [0.1, 0.15) is 0 Å². The van der Waals surface area contributed by atoms with E-state index < -0.39 is 5.97 Å². The number of nitrogens with zero attached hydrogens (tertiary/aromatic N) is 1. The SMILES string of the molecule is C#CC(=O)OCCN(C)C. The molecule has 0 bridgehead atoms. The van der Waals surface area contributed by atoms with Crippen molar-refractivity contribution in [3.8, 4) is 12.3 Å². The fraction of sp³-hybridized carbons (Fsp3) is 0.571. The first kappa shape index (κ1) is 8.99. The van der Waals surface area contributed by atoms with E-state index >= 15 is 0 Å². The normalized spacial score (nSPS) is 9.00. The van der Waals surface area contributed by atoms with Crippen LogP contribution in [0.2, 0.25) is 0 Å². The third kappa shape index (κ3) is 5.13. The molecule has 0 aromatic heterocycles. The summed E-state index contributed by atoms with van der Waals surface area (Å²) < 4.78 is 4.59. The number of likely N-dealkylation sites (N-methyl/N-ethyl adjacent to an activating group) is 1. The standard InChI is InChI=1S/C7H11NO2/c1-4-7(9)10-6-5-8(2)3/h1H,5-6H2,2-3H3. The van der Waals surface area contributed by atoms with Crippen LogP contribution in [0.5, 0.6) is 0 Å². The smallest absolute Gasteiger partial charge is 0.384 e. The number of rotatable bonds is 3. The maximum Gasteiger partial charge on any atom is 0.384 e. The Kier molecular flexibility index (Phi) is 4.34. The largest absolute Gasteiger partial charge is 0.455 e. The lowest BCUT2D eigenvalue weighted by atomic mass is 10.6. The lowest BCUT2D eigenvalue weighted by Gasteiger charge is -2.07. The van der Waals surface area contributed by atoms with Crippen LogP contribution in [0.25, 0.3) is 0 Å². The van der Waals surface area contributed by atoms with Gasteiger partial charge in [-0.3, -0.25) is 0 Å². The molecular weight excluding hydrogens is 130 g/mol. The molecular formula is C7H11NO2. The maximum absolute atomic E-state index is 10.3. The van der Waals surface area contributed by atoms with E-state index in [1.807, 2.05) is 24.9 Å². The summed E-state index contributed by atoms with van der Waals surface area (Å²) in [6.07, 6.45) is 4.75. The first-order valence-corrected chi connectivity index (χ1v) is 2.95. The van der Waals surface area contributed by atoms with Crippen molar-refractivity contribution in [3.05, 3.63) is 0 Å². The van der Waals surface area contributed by atoms with Crippen molar-refractivity contribution >= 4 is 5.97 Å². The Morgan fingerprint density at radius 3 is 2.70 bits per heavy atom. The summed E-state index contributed by atoms with van der Waals surface area (Å²) in [5, 5.41) is 0. The quantitative estimate of drug-likeness (QED) is 0.308. The molecule has 0 heterocycles. The van der Waals surface area contributed by atoms with Crippen LogP contribution in [0.3, 0.4) is 0 Å². The fourth-order valence-corrected chi connectivity index (χ4v) is 0.363. The van der Waals surface area contributed by atoms with Crippen molar-refractivity contribution in [2.24, 2.45) is 0 Å². The lowest BCUT2D eigenvalue weighted by Crippen LogP contribution is -2.19. The summed E-state index contributed by atoms with van der Waals surface area (Å²) in [5.74, 6) is 1.26. The number of terminal acetylenes is 1. The number of esters is 1. The second-order valence-corrected chi connectivity index (χ2v) is 2.08. The van der Waals surface area contributed by atoms with Crippen LogP contribution in [-0.4, -0.2) is 38.1 Å². The van der Waals surface area contributed by atoms with Gasteiger partial charge in [-0.05, 0) is 14.1 Å². The fourth-order valence-electron chi connectivity index (χ4n) is 0.363. The van der Waals surface area contributed by atoms with Crippen molar-refractivity contribution in [2.45, 2.75) is 0 Å². The van der Waals surface area contributed by atoms with E-state index in [4.69, 9.17) is 6.42 Å². The minimum absolute atomic E-state index is 0.357. The average Bonchev–Trinajstić information content (AvgIpc) is 1.87. The number of carbonyl (C=O) groups excluding carboxylic acids is 1. The van der Waals surface area contributed by atoms with Crippen LogP contribution in [0.15, 0.2) is 0 Å². The van der Waals surface area contributed by atoms with Crippen molar-refractivity contribution in [3.63, 3.8) is 0 Å². The van der Waals surface area contributed by atoms with Gasteiger partial charge in [-0.2, -0.15) is 0 Å². The van der Waals surface area contributed by atoms with Crippen molar-refractivity contribution in [1.82, 2.24) is 4.90 Å². The van der Waals surface area contributed by atoms with E-state index in [0.29, 0.717) is 13.2 Å². The second-order valence-electron chi connectivity index (χ2n) is 2.08. The zero-order valence-corrected chi connectivity index (χ0v) is 6.26. The van der Waals surface area contributed by atoms with E-state index in [1.165, 1.54) is 0 Å². The molecule has 0 atom stereocenters. The van der Waals surface area contributed by atoms with E-state index in [1.54, 1.807) is 0 Å². The van der Waals surface area contributed by atoms with Gasteiger partial charge >= 0.3 is 5.97 Å². The zero-order valence-electron chi connectivity index (χ0n) is 6.26. The Balaban J connectivity index is 3.22. The average molecular weight is 141 g/mol. The van der Waals surface area contributed by atoms with Crippen molar-refractivity contribution in [1.29, 1.82) is 0 Å². The molecule has 0 radical (unpaired) electrons. The van der Waals surface area contributed by atoms with Crippen LogP contribution >= 0.6 is 0 Å². The van der Waals surface area contributed by atoms with E-state index in [9.17, 15) is 4.79 Å². The molecule has 0 N–H and O–H groups in total. The lowest BCUT2D eigenvalue weighted by molar-refractivity contribution is -0.136. The highest BCUT2D eigenvalue weighted by molar-refractivity contribution is 5.87. The molecule has 0 fully saturated rings. The van der Waals surface area contributed by atoms with Crippen molar-refractivity contribution < 1.29 is 9.53 Å². The summed E-state index contributed by atoms with van der Waals surface area (Å²) in [5.41, 5.74) is 0. The Morgan fingerprint density at radius 1 is 1.70 bits per heavy atom. The van der Waals surface area contributed by atoms with Gasteiger partial charge in [0.1, 0.15) is 6.61 Å². The summed E-state index contributed by atoms with van der Waals surface area (Å²) >= 11 is 0. The summed E-state index contributed by atoms with van der Waals surface area (Å²) in [6, 6.07) is 0. The molecule has 0 aliphatic rings. The summed E-state index contributed by atoms with van der Waals surface area (Å²) in [6.45, 7) is 1.06. The van der Waals surface area contributed by atoms with Gasteiger partial charge in [0, 0.05) is 12.5 Å². The molecule has 0 aliphatic heterocycles. The molecule has 0 rings (SSSR count). The third-order valence-electron chi connectivity index (χ3n) is 0.890. The molecule has 56 valence electrons. The first-order valence-electron chi connectivity index (χ1n) is 2.95. The number of ether oxygens (including phenoxy) is 1. The van der Waals surface area contributed by atoms with Crippen LogP contribution in [0, 0.1) is 12.3 Å². The number of carbonyl (C=O) groups is 1. The molecule has 0 saturated carbocycles. The molecule has 0 amide bonds. The van der Waals surface area contributed by atoms with E-state index in [-0.39, 0.29) is 0 Å². The molecule has 0 aromatic rings. The van der Waals surface area contributed by atoms with Gasteiger partial charge in [-0.15, -0.1) is 6.42 Å². The van der Waals surface area contributed by atoms with Crippen LogP contribution in [-0.2, 0) is 9.53 Å². The molecule has 3 nitrogen and oxygen atoms in total. The third-order valence-corrected chi connectivity index (χ3v) is 0.890. The molecule has 0 aliphatic carbocycles. The van der Waals surface area contributed by atoms with Gasteiger partial charge in [0.15, 0.2) is 0 Å². The predicted octanol–water partition coefficient (Wildman–Crippen LogP) is -0.276. The minimum Gasteiger partial charge on any atom is -0.455 e. The molecule has 0 unspecified atom stereocenters. The highest BCUT2D eigenvalue weighted by atomic mass is 16.5. The Hall–Kier alpha value is -1.01. The minimum atomic E-state index is -0.596.